The van der Waals surface area contributed by atoms with E-state index >= 15 is 0 Å². The fraction of sp³-hybridized carbons (Fsp3) is 0.167. The van der Waals surface area contributed by atoms with E-state index < -0.39 is 0 Å². The molecule has 0 spiro atoms. The SMILES string of the molecule is CCNc1nc(Cl)ncc1-c1ccccc1Cl. The molecule has 0 aliphatic heterocycles. The highest BCUT2D eigenvalue weighted by Gasteiger charge is 2.10. The first-order valence-corrected chi connectivity index (χ1v) is 5.99. The molecule has 0 bridgehead atoms. The van der Waals surface area contributed by atoms with Crippen LogP contribution in [0.15, 0.2) is 30.5 Å². The topological polar surface area (TPSA) is 37.8 Å². The van der Waals surface area contributed by atoms with Crippen molar-refractivity contribution < 1.29 is 0 Å². The molecule has 0 radical (unpaired) electrons. The van der Waals surface area contributed by atoms with Gasteiger partial charge in [-0.05, 0) is 24.6 Å². The lowest BCUT2D eigenvalue weighted by Gasteiger charge is -2.10. The quantitative estimate of drug-likeness (QED) is 0.858. The normalized spacial score (nSPS) is 10.3. The molecule has 0 unspecified atom stereocenters. The summed E-state index contributed by atoms with van der Waals surface area (Å²) in [5, 5.41) is 4.03. The highest BCUT2D eigenvalue weighted by Crippen LogP contribution is 2.32. The number of anilines is 1. The monoisotopic (exact) mass is 267 g/mol. The standard InChI is InChI=1S/C12H11Cl2N3/c1-2-15-11-9(7-16-12(14)17-11)8-5-3-4-6-10(8)13/h3-7H,2H2,1H3,(H,15,16,17). The fourth-order valence-electron chi connectivity index (χ4n) is 1.54. The van der Waals surface area contributed by atoms with E-state index in [1.54, 1.807) is 6.20 Å². The summed E-state index contributed by atoms with van der Waals surface area (Å²) in [4.78, 5) is 8.16. The lowest BCUT2D eigenvalue weighted by atomic mass is 10.1. The number of halogens is 2. The molecule has 5 heteroatoms. The van der Waals surface area contributed by atoms with Crippen LogP contribution >= 0.6 is 23.2 Å². The zero-order valence-corrected chi connectivity index (χ0v) is 10.8. The molecule has 0 saturated carbocycles. The molecule has 17 heavy (non-hydrogen) atoms. The summed E-state index contributed by atoms with van der Waals surface area (Å²) >= 11 is 11.9. The van der Waals surface area contributed by atoms with E-state index in [2.05, 4.69) is 15.3 Å². The Morgan fingerprint density at radius 3 is 2.65 bits per heavy atom. The van der Waals surface area contributed by atoms with E-state index in [1.807, 2.05) is 31.2 Å². The molecular weight excluding hydrogens is 257 g/mol. The van der Waals surface area contributed by atoms with Crippen molar-refractivity contribution in [3.63, 3.8) is 0 Å². The van der Waals surface area contributed by atoms with Gasteiger partial charge in [-0.1, -0.05) is 29.8 Å². The first-order valence-electron chi connectivity index (χ1n) is 5.23. The zero-order chi connectivity index (χ0) is 12.3. The van der Waals surface area contributed by atoms with E-state index in [4.69, 9.17) is 23.2 Å². The van der Waals surface area contributed by atoms with Crippen molar-refractivity contribution in [3.8, 4) is 11.1 Å². The number of nitrogens with zero attached hydrogens (tertiary/aromatic N) is 2. The number of hydrogen-bond acceptors (Lipinski definition) is 3. The number of benzene rings is 1. The maximum absolute atomic E-state index is 6.15. The molecule has 0 fully saturated rings. The Balaban J connectivity index is 2.55. The van der Waals surface area contributed by atoms with Crippen LogP contribution < -0.4 is 5.32 Å². The van der Waals surface area contributed by atoms with Gasteiger partial charge in [0.2, 0.25) is 5.28 Å². The van der Waals surface area contributed by atoms with Crippen LogP contribution in [0.3, 0.4) is 0 Å². The fourth-order valence-corrected chi connectivity index (χ4v) is 1.91. The Bertz CT molecular complexity index is 529. The molecule has 1 aromatic carbocycles. The van der Waals surface area contributed by atoms with Crippen LogP contribution in [0.4, 0.5) is 5.82 Å². The average molecular weight is 268 g/mol. The molecule has 0 atom stereocenters. The van der Waals surface area contributed by atoms with Crippen LogP contribution in [0.5, 0.6) is 0 Å². The lowest BCUT2D eigenvalue weighted by Crippen LogP contribution is -2.02. The van der Waals surface area contributed by atoms with Crippen LogP contribution in [0, 0.1) is 0 Å². The second-order valence-electron chi connectivity index (χ2n) is 3.41. The second kappa shape index (κ2) is 5.34. The van der Waals surface area contributed by atoms with Gasteiger partial charge in [0.15, 0.2) is 0 Å². The van der Waals surface area contributed by atoms with Crippen molar-refractivity contribution in [1.82, 2.24) is 9.97 Å². The maximum Gasteiger partial charge on any atom is 0.224 e. The Morgan fingerprint density at radius 1 is 1.18 bits per heavy atom. The van der Waals surface area contributed by atoms with E-state index in [-0.39, 0.29) is 5.28 Å². The molecule has 1 aromatic heterocycles. The molecule has 0 amide bonds. The summed E-state index contributed by atoms with van der Waals surface area (Å²) in [6, 6.07) is 7.57. The second-order valence-corrected chi connectivity index (χ2v) is 4.16. The summed E-state index contributed by atoms with van der Waals surface area (Å²) in [7, 11) is 0. The molecule has 0 aliphatic rings. The zero-order valence-electron chi connectivity index (χ0n) is 9.24. The average Bonchev–Trinajstić information content (AvgIpc) is 2.31. The smallest absolute Gasteiger partial charge is 0.224 e. The highest BCUT2D eigenvalue weighted by atomic mass is 35.5. The number of aromatic nitrogens is 2. The van der Waals surface area contributed by atoms with Crippen molar-refractivity contribution in [2.45, 2.75) is 6.92 Å². The van der Waals surface area contributed by atoms with Gasteiger partial charge in [0.25, 0.3) is 0 Å². The summed E-state index contributed by atoms with van der Waals surface area (Å²) in [6.45, 7) is 2.75. The Hall–Kier alpha value is -1.32. The molecular formula is C12H11Cl2N3. The third-order valence-electron chi connectivity index (χ3n) is 2.27. The Labute approximate surface area is 110 Å². The van der Waals surface area contributed by atoms with Crippen molar-refractivity contribution in [3.05, 3.63) is 40.8 Å². The van der Waals surface area contributed by atoms with Crippen molar-refractivity contribution in [2.75, 3.05) is 11.9 Å². The van der Waals surface area contributed by atoms with Crippen molar-refractivity contribution in [2.24, 2.45) is 0 Å². The van der Waals surface area contributed by atoms with Gasteiger partial charge in [0.1, 0.15) is 5.82 Å². The lowest BCUT2D eigenvalue weighted by molar-refractivity contribution is 1.11. The van der Waals surface area contributed by atoms with Gasteiger partial charge in [-0.3, -0.25) is 0 Å². The van der Waals surface area contributed by atoms with Gasteiger partial charge in [0, 0.05) is 28.9 Å². The predicted octanol–water partition coefficient (Wildman–Crippen LogP) is 3.88. The summed E-state index contributed by atoms with van der Waals surface area (Å²) in [5.74, 6) is 0.695. The number of hydrogen-bond donors (Lipinski definition) is 1. The van der Waals surface area contributed by atoms with E-state index in [1.165, 1.54) is 0 Å². The van der Waals surface area contributed by atoms with E-state index in [0.29, 0.717) is 10.8 Å². The summed E-state index contributed by atoms with van der Waals surface area (Å²) in [6.07, 6.45) is 1.68. The van der Waals surface area contributed by atoms with E-state index in [0.717, 1.165) is 17.7 Å². The Kier molecular flexibility index (Phi) is 3.82. The molecule has 1 N–H and O–H groups in total. The molecule has 0 saturated heterocycles. The van der Waals surface area contributed by atoms with Gasteiger partial charge in [-0.2, -0.15) is 0 Å². The van der Waals surface area contributed by atoms with Crippen LogP contribution in [0.25, 0.3) is 11.1 Å². The largest absolute Gasteiger partial charge is 0.370 e. The van der Waals surface area contributed by atoms with Crippen LogP contribution in [0.2, 0.25) is 10.3 Å². The van der Waals surface area contributed by atoms with Gasteiger partial charge in [-0.15, -0.1) is 0 Å². The van der Waals surface area contributed by atoms with E-state index in [9.17, 15) is 0 Å². The summed E-state index contributed by atoms with van der Waals surface area (Å²) < 4.78 is 0. The molecule has 3 nitrogen and oxygen atoms in total. The third-order valence-corrected chi connectivity index (χ3v) is 2.78. The highest BCUT2D eigenvalue weighted by molar-refractivity contribution is 6.33. The molecule has 1 heterocycles. The predicted molar refractivity (Wildman–Crippen MR) is 71.7 cm³/mol. The molecule has 2 aromatic rings. The van der Waals surface area contributed by atoms with Crippen LogP contribution in [-0.2, 0) is 0 Å². The number of nitrogens with one attached hydrogen (secondary N) is 1. The minimum absolute atomic E-state index is 0.219. The minimum atomic E-state index is 0.219. The van der Waals surface area contributed by atoms with Gasteiger partial charge >= 0.3 is 0 Å². The van der Waals surface area contributed by atoms with Gasteiger partial charge < -0.3 is 5.32 Å². The minimum Gasteiger partial charge on any atom is -0.370 e. The van der Waals surface area contributed by atoms with Crippen molar-refractivity contribution in [1.29, 1.82) is 0 Å². The Morgan fingerprint density at radius 2 is 1.94 bits per heavy atom. The maximum atomic E-state index is 6.15. The summed E-state index contributed by atoms with van der Waals surface area (Å²) in [5.41, 5.74) is 1.74. The van der Waals surface area contributed by atoms with Crippen LogP contribution in [-0.4, -0.2) is 16.5 Å². The first kappa shape index (κ1) is 12.1. The molecule has 88 valence electrons. The molecule has 2 rings (SSSR count). The third kappa shape index (κ3) is 2.68. The molecule has 0 aliphatic carbocycles. The van der Waals surface area contributed by atoms with Gasteiger partial charge in [0.05, 0.1) is 0 Å². The van der Waals surface area contributed by atoms with Crippen molar-refractivity contribution >= 4 is 29.0 Å². The number of rotatable bonds is 3. The first-order chi connectivity index (χ1) is 8.22. The van der Waals surface area contributed by atoms with Gasteiger partial charge in [-0.25, -0.2) is 9.97 Å². The van der Waals surface area contributed by atoms with Crippen LogP contribution in [0.1, 0.15) is 6.92 Å².